The number of carbonyl (C=O) groups excluding carboxylic acids is 1. The molecule has 98 valence electrons. The molecule has 0 aromatic carbocycles. The monoisotopic (exact) mass is 250 g/mol. The average molecular weight is 250 g/mol. The van der Waals surface area contributed by atoms with E-state index in [0.717, 1.165) is 18.7 Å². The van der Waals surface area contributed by atoms with Crippen molar-refractivity contribution in [1.29, 1.82) is 0 Å². The van der Waals surface area contributed by atoms with Gasteiger partial charge in [-0.1, -0.05) is 0 Å². The number of aromatic nitrogens is 2. The summed E-state index contributed by atoms with van der Waals surface area (Å²) in [5.74, 6) is 0.927. The van der Waals surface area contributed by atoms with Crippen LogP contribution in [0.4, 0.5) is 5.82 Å². The summed E-state index contributed by atoms with van der Waals surface area (Å²) < 4.78 is 4.99. The molecule has 1 fully saturated rings. The van der Waals surface area contributed by atoms with Crippen LogP contribution in [0.2, 0.25) is 0 Å². The number of nitrogen functional groups attached to an aromatic ring is 1. The Morgan fingerprint density at radius 1 is 1.50 bits per heavy atom. The van der Waals surface area contributed by atoms with Gasteiger partial charge in [-0.15, -0.1) is 0 Å². The van der Waals surface area contributed by atoms with E-state index < -0.39 is 0 Å². The van der Waals surface area contributed by atoms with Gasteiger partial charge in [0.05, 0.1) is 24.7 Å². The van der Waals surface area contributed by atoms with Crippen LogP contribution in [0, 0.1) is 5.92 Å². The van der Waals surface area contributed by atoms with E-state index in [1.807, 2.05) is 4.90 Å². The zero-order valence-electron chi connectivity index (χ0n) is 10.5. The summed E-state index contributed by atoms with van der Waals surface area (Å²) >= 11 is 0. The third-order valence-electron chi connectivity index (χ3n) is 3.08. The van der Waals surface area contributed by atoms with E-state index in [2.05, 4.69) is 9.97 Å². The van der Waals surface area contributed by atoms with Crippen molar-refractivity contribution >= 4 is 11.7 Å². The van der Waals surface area contributed by atoms with Crippen LogP contribution >= 0.6 is 0 Å². The van der Waals surface area contributed by atoms with Crippen molar-refractivity contribution in [3.8, 4) is 0 Å². The van der Waals surface area contributed by atoms with E-state index in [0.29, 0.717) is 31.3 Å². The number of nitrogens with zero attached hydrogens (tertiary/aromatic N) is 3. The number of likely N-dealkylation sites (tertiary alicyclic amines) is 1. The Morgan fingerprint density at radius 2 is 2.33 bits per heavy atom. The fourth-order valence-electron chi connectivity index (χ4n) is 2.17. The molecule has 0 unspecified atom stereocenters. The molecule has 0 saturated carbocycles. The smallest absolute Gasteiger partial charge is 0.223 e. The van der Waals surface area contributed by atoms with Crippen molar-refractivity contribution < 1.29 is 9.53 Å². The third-order valence-corrected chi connectivity index (χ3v) is 3.08. The number of nitrogens with two attached hydrogens (primary N) is 1. The summed E-state index contributed by atoms with van der Waals surface area (Å²) in [4.78, 5) is 21.8. The molecule has 0 aliphatic carbocycles. The van der Waals surface area contributed by atoms with Gasteiger partial charge in [0.25, 0.3) is 0 Å². The fraction of sp³-hybridized carbons (Fsp3) is 0.583. The second-order valence-electron chi connectivity index (χ2n) is 4.54. The molecule has 0 spiro atoms. The molecule has 0 radical (unpaired) electrons. The van der Waals surface area contributed by atoms with Crippen LogP contribution < -0.4 is 5.73 Å². The molecule has 1 aromatic heterocycles. The van der Waals surface area contributed by atoms with Gasteiger partial charge in [0.2, 0.25) is 5.91 Å². The van der Waals surface area contributed by atoms with Crippen molar-refractivity contribution in [1.82, 2.24) is 14.9 Å². The van der Waals surface area contributed by atoms with Crippen molar-refractivity contribution in [3.05, 3.63) is 18.1 Å². The number of ether oxygens (including phenoxy) is 1. The van der Waals surface area contributed by atoms with Gasteiger partial charge in [-0.3, -0.25) is 9.78 Å². The molecular weight excluding hydrogens is 232 g/mol. The first kappa shape index (κ1) is 12.8. The highest BCUT2D eigenvalue weighted by Crippen LogP contribution is 2.20. The lowest BCUT2D eigenvalue weighted by Crippen LogP contribution is -2.29. The van der Waals surface area contributed by atoms with Crippen molar-refractivity contribution in [2.24, 2.45) is 5.92 Å². The Hall–Kier alpha value is -1.69. The van der Waals surface area contributed by atoms with Crippen molar-refractivity contribution in [3.63, 3.8) is 0 Å². The second kappa shape index (κ2) is 5.77. The number of hydrogen-bond acceptors (Lipinski definition) is 5. The van der Waals surface area contributed by atoms with Crippen molar-refractivity contribution in [2.45, 2.75) is 12.8 Å². The molecule has 2 heterocycles. The highest BCUT2D eigenvalue weighted by Gasteiger charge is 2.29. The van der Waals surface area contributed by atoms with Gasteiger partial charge in [-0.2, -0.15) is 0 Å². The maximum absolute atomic E-state index is 11.7. The standard InChI is InChI=1S/C12H18N4O2/c1-18-3-2-16-8-9(5-12(16)17)4-10-6-15-11(13)7-14-10/h6-7,9H,2-5,8H2,1H3,(H2,13,15)/t9-/m1/s1. The van der Waals surface area contributed by atoms with Gasteiger partial charge in [0.15, 0.2) is 0 Å². The van der Waals surface area contributed by atoms with E-state index >= 15 is 0 Å². The molecule has 1 aromatic rings. The van der Waals surface area contributed by atoms with Gasteiger partial charge in [-0.05, 0) is 12.3 Å². The molecule has 2 N–H and O–H groups in total. The molecule has 1 atom stereocenters. The molecule has 6 nitrogen and oxygen atoms in total. The summed E-state index contributed by atoms with van der Waals surface area (Å²) in [6.45, 7) is 2.02. The number of methoxy groups -OCH3 is 1. The number of carbonyl (C=O) groups is 1. The predicted octanol–water partition coefficient (Wildman–Crippen LogP) is 0.0962. The fourth-order valence-corrected chi connectivity index (χ4v) is 2.17. The van der Waals surface area contributed by atoms with Crippen LogP contribution in [-0.2, 0) is 16.0 Å². The van der Waals surface area contributed by atoms with Crippen LogP contribution in [0.3, 0.4) is 0 Å². The summed E-state index contributed by atoms with van der Waals surface area (Å²) in [6.07, 6.45) is 4.57. The largest absolute Gasteiger partial charge is 0.383 e. The molecule has 1 amide bonds. The Kier molecular flexibility index (Phi) is 4.09. The Morgan fingerprint density at radius 3 is 3.00 bits per heavy atom. The third kappa shape index (κ3) is 3.16. The van der Waals surface area contributed by atoms with E-state index in [4.69, 9.17) is 10.5 Å². The lowest BCUT2D eigenvalue weighted by molar-refractivity contribution is -0.128. The van der Waals surface area contributed by atoms with Gasteiger partial charge in [0, 0.05) is 26.6 Å². The normalized spacial score (nSPS) is 19.5. The maximum Gasteiger partial charge on any atom is 0.223 e. The van der Waals surface area contributed by atoms with Gasteiger partial charge < -0.3 is 15.4 Å². The molecule has 6 heteroatoms. The Labute approximate surface area is 106 Å². The Balaban J connectivity index is 1.88. The molecular formula is C12H18N4O2. The minimum atomic E-state index is 0.195. The Bertz CT molecular complexity index is 407. The number of hydrogen-bond donors (Lipinski definition) is 1. The predicted molar refractivity (Wildman–Crippen MR) is 66.7 cm³/mol. The molecule has 0 bridgehead atoms. The van der Waals surface area contributed by atoms with Gasteiger partial charge in [0.1, 0.15) is 5.82 Å². The minimum absolute atomic E-state index is 0.195. The molecule has 1 aliphatic rings. The lowest BCUT2D eigenvalue weighted by atomic mass is 10.0. The molecule has 18 heavy (non-hydrogen) atoms. The highest BCUT2D eigenvalue weighted by atomic mass is 16.5. The molecule has 2 rings (SSSR count). The van der Waals surface area contributed by atoms with Crippen LogP contribution in [0.15, 0.2) is 12.4 Å². The molecule has 1 saturated heterocycles. The first-order chi connectivity index (χ1) is 8.69. The first-order valence-corrected chi connectivity index (χ1v) is 6.02. The van der Waals surface area contributed by atoms with Gasteiger partial charge in [-0.25, -0.2) is 4.98 Å². The van der Waals surface area contributed by atoms with E-state index in [1.54, 1.807) is 19.5 Å². The first-order valence-electron chi connectivity index (χ1n) is 6.02. The number of anilines is 1. The van der Waals surface area contributed by atoms with Gasteiger partial charge >= 0.3 is 0 Å². The number of amides is 1. The minimum Gasteiger partial charge on any atom is -0.383 e. The SMILES string of the molecule is COCCN1C[C@H](Cc2cnc(N)cn2)CC1=O. The zero-order valence-corrected chi connectivity index (χ0v) is 10.5. The summed E-state index contributed by atoms with van der Waals surface area (Å²) in [6, 6.07) is 0. The van der Waals surface area contributed by atoms with E-state index in [-0.39, 0.29) is 5.91 Å². The zero-order chi connectivity index (χ0) is 13.0. The molecule has 1 aliphatic heterocycles. The average Bonchev–Trinajstić information content (AvgIpc) is 2.70. The summed E-state index contributed by atoms with van der Waals surface area (Å²) in [5.41, 5.74) is 6.37. The lowest BCUT2D eigenvalue weighted by Gasteiger charge is -2.15. The second-order valence-corrected chi connectivity index (χ2v) is 4.54. The maximum atomic E-state index is 11.7. The van der Waals surface area contributed by atoms with E-state index in [1.165, 1.54) is 0 Å². The summed E-state index contributed by atoms with van der Waals surface area (Å²) in [5, 5.41) is 0. The van der Waals surface area contributed by atoms with Crippen molar-refractivity contribution in [2.75, 3.05) is 32.5 Å². The summed E-state index contributed by atoms with van der Waals surface area (Å²) in [7, 11) is 1.64. The number of rotatable bonds is 5. The quantitative estimate of drug-likeness (QED) is 0.801. The van der Waals surface area contributed by atoms with Crippen LogP contribution in [0.5, 0.6) is 0 Å². The topological polar surface area (TPSA) is 81.3 Å². The van der Waals surface area contributed by atoms with E-state index in [9.17, 15) is 4.79 Å². The highest BCUT2D eigenvalue weighted by molar-refractivity contribution is 5.78. The van der Waals surface area contributed by atoms with Crippen LogP contribution in [0.1, 0.15) is 12.1 Å². The van der Waals surface area contributed by atoms with Crippen LogP contribution in [-0.4, -0.2) is 47.6 Å². The van der Waals surface area contributed by atoms with Crippen LogP contribution in [0.25, 0.3) is 0 Å².